The topological polar surface area (TPSA) is 60.5 Å². The van der Waals surface area contributed by atoms with Gasteiger partial charge in [0.1, 0.15) is 5.75 Å². The molecule has 19 heavy (non-hydrogen) atoms. The Labute approximate surface area is 114 Å². The molecule has 0 aliphatic rings. The Balaban J connectivity index is 2.27. The molecule has 5 heteroatoms. The smallest absolute Gasteiger partial charge is 0.344 e. The highest BCUT2D eigenvalue weighted by Crippen LogP contribution is 2.09. The first-order chi connectivity index (χ1) is 9.26. The van der Waals surface area contributed by atoms with Gasteiger partial charge in [-0.1, -0.05) is 20.3 Å². The second-order valence-electron chi connectivity index (χ2n) is 4.13. The molecule has 1 heterocycles. The number of nitrogens with zero attached hydrogens (tertiary/aromatic N) is 1. The van der Waals surface area contributed by atoms with Crippen molar-refractivity contribution in [2.45, 2.75) is 33.2 Å². The van der Waals surface area contributed by atoms with E-state index < -0.39 is 0 Å². The lowest BCUT2D eigenvalue weighted by Crippen LogP contribution is -2.16. The Bertz CT molecular complexity index is 365. The van der Waals surface area contributed by atoms with Crippen LogP contribution in [0.4, 0.5) is 0 Å². The minimum absolute atomic E-state index is 0.0715. The van der Waals surface area contributed by atoms with Crippen molar-refractivity contribution in [2.75, 3.05) is 19.8 Å². The van der Waals surface area contributed by atoms with Gasteiger partial charge < -0.3 is 14.8 Å². The first-order valence-corrected chi connectivity index (χ1v) is 6.70. The van der Waals surface area contributed by atoms with Gasteiger partial charge in [0.2, 0.25) is 0 Å². The lowest BCUT2D eigenvalue weighted by atomic mass is 10.3. The Morgan fingerprint density at radius 1 is 1.37 bits per heavy atom. The second-order valence-corrected chi connectivity index (χ2v) is 4.13. The van der Waals surface area contributed by atoms with Gasteiger partial charge in [-0.2, -0.15) is 0 Å². The molecule has 0 spiro atoms. The summed E-state index contributed by atoms with van der Waals surface area (Å²) in [4.78, 5) is 15.6. The van der Waals surface area contributed by atoms with Crippen LogP contribution in [0.1, 0.15) is 32.4 Å². The van der Waals surface area contributed by atoms with Crippen LogP contribution in [0, 0.1) is 0 Å². The van der Waals surface area contributed by atoms with E-state index in [-0.39, 0.29) is 12.6 Å². The molecular weight excluding hydrogens is 244 g/mol. The molecule has 5 nitrogen and oxygen atoms in total. The zero-order valence-corrected chi connectivity index (χ0v) is 11.6. The molecule has 0 aromatic carbocycles. The quantitative estimate of drug-likeness (QED) is 0.546. The fraction of sp³-hybridized carbons (Fsp3) is 0.571. The molecule has 1 aromatic heterocycles. The Morgan fingerprint density at radius 3 is 2.84 bits per heavy atom. The van der Waals surface area contributed by atoms with Crippen LogP contribution in [-0.4, -0.2) is 30.7 Å². The predicted molar refractivity (Wildman–Crippen MR) is 73.0 cm³/mol. The normalized spacial score (nSPS) is 10.2. The molecule has 0 atom stereocenters. The van der Waals surface area contributed by atoms with E-state index in [1.54, 1.807) is 12.3 Å². The van der Waals surface area contributed by atoms with Crippen LogP contribution in [0.2, 0.25) is 0 Å². The van der Waals surface area contributed by atoms with Crippen LogP contribution in [0.3, 0.4) is 0 Å². The largest absolute Gasteiger partial charge is 0.480 e. The van der Waals surface area contributed by atoms with E-state index in [0.29, 0.717) is 12.4 Å². The molecule has 0 fully saturated rings. The van der Waals surface area contributed by atoms with Crippen molar-refractivity contribution < 1.29 is 14.3 Å². The predicted octanol–water partition coefficient (Wildman–Crippen LogP) is 1.91. The maximum atomic E-state index is 11.3. The fourth-order valence-corrected chi connectivity index (χ4v) is 1.37. The third-order valence-corrected chi connectivity index (χ3v) is 2.47. The van der Waals surface area contributed by atoms with Crippen LogP contribution < -0.4 is 10.1 Å². The zero-order valence-electron chi connectivity index (χ0n) is 11.6. The number of hydrogen-bond acceptors (Lipinski definition) is 5. The van der Waals surface area contributed by atoms with Gasteiger partial charge in [0.25, 0.3) is 0 Å². The highest BCUT2D eigenvalue weighted by molar-refractivity contribution is 5.71. The van der Waals surface area contributed by atoms with E-state index in [1.807, 2.05) is 19.9 Å². The summed E-state index contributed by atoms with van der Waals surface area (Å²) in [6.45, 7) is 6.11. The van der Waals surface area contributed by atoms with Crippen molar-refractivity contribution in [3.05, 3.63) is 24.0 Å². The SMILES string of the molecule is CCCCOC(=O)COc1ccc(CNCC)nc1. The van der Waals surface area contributed by atoms with E-state index in [4.69, 9.17) is 9.47 Å². The molecular formula is C14H22N2O3. The van der Waals surface area contributed by atoms with Gasteiger partial charge in [-0.05, 0) is 25.1 Å². The van der Waals surface area contributed by atoms with Crippen molar-refractivity contribution in [1.29, 1.82) is 0 Å². The molecule has 0 amide bonds. The summed E-state index contributed by atoms with van der Waals surface area (Å²) >= 11 is 0. The maximum Gasteiger partial charge on any atom is 0.344 e. The standard InChI is InChI=1S/C14H22N2O3/c1-3-5-8-18-14(17)11-19-13-7-6-12(16-10-13)9-15-4-2/h6-7,10,15H,3-5,8-9,11H2,1-2H3. The summed E-state index contributed by atoms with van der Waals surface area (Å²) in [7, 11) is 0. The van der Waals surface area contributed by atoms with Gasteiger partial charge in [-0.15, -0.1) is 0 Å². The summed E-state index contributed by atoms with van der Waals surface area (Å²) in [6, 6.07) is 3.68. The number of rotatable bonds is 9. The second kappa shape index (κ2) is 9.33. The average molecular weight is 266 g/mol. The maximum absolute atomic E-state index is 11.3. The molecule has 0 saturated heterocycles. The molecule has 0 aliphatic carbocycles. The van der Waals surface area contributed by atoms with Gasteiger partial charge in [-0.25, -0.2) is 4.79 Å². The Kier molecular flexibility index (Phi) is 7.58. The van der Waals surface area contributed by atoms with Gasteiger partial charge in [0.15, 0.2) is 6.61 Å². The van der Waals surface area contributed by atoms with Gasteiger partial charge >= 0.3 is 5.97 Å². The van der Waals surface area contributed by atoms with E-state index >= 15 is 0 Å². The molecule has 106 valence electrons. The lowest BCUT2D eigenvalue weighted by Gasteiger charge is -2.07. The summed E-state index contributed by atoms with van der Waals surface area (Å²) in [5.74, 6) is 0.234. The number of pyridine rings is 1. The highest BCUT2D eigenvalue weighted by Gasteiger charge is 2.04. The molecule has 0 unspecified atom stereocenters. The number of nitrogens with one attached hydrogen (secondary N) is 1. The summed E-state index contributed by atoms with van der Waals surface area (Å²) in [5, 5.41) is 3.19. The van der Waals surface area contributed by atoms with E-state index in [9.17, 15) is 4.79 Å². The van der Waals surface area contributed by atoms with Crippen molar-refractivity contribution >= 4 is 5.97 Å². The van der Waals surface area contributed by atoms with Crippen LogP contribution in [0.15, 0.2) is 18.3 Å². The van der Waals surface area contributed by atoms with E-state index in [0.717, 1.165) is 31.6 Å². The van der Waals surface area contributed by atoms with Crippen LogP contribution >= 0.6 is 0 Å². The van der Waals surface area contributed by atoms with E-state index in [1.165, 1.54) is 0 Å². The van der Waals surface area contributed by atoms with Crippen LogP contribution in [0.25, 0.3) is 0 Å². The van der Waals surface area contributed by atoms with Crippen molar-refractivity contribution in [3.8, 4) is 5.75 Å². The number of ether oxygens (including phenoxy) is 2. The third kappa shape index (κ3) is 6.76. The van der Waals surface area contributed by atoms with Crippen LogP contribution in [-0.2, 0) is 16.1 Å². The van der Waals surface area contributed by atoms with Gasteiger partial charge in [-0.3, -0.25) is 4.98 Å². The number of aromatic nitrogens is 1. The third-order valence-electron chi connectivity index (χ3n) is 2.47. The van der Waals surface area contributed by atoms with E-state index in [2.05, 4.69) is 10.3 Å². The van der Waals surface area contributed by atoms with Crippen LogP contribution in [0.5, 0.6) is 5.75 Å². The number of esters is 1. The van der Waals surface area contributed by atoms with Gasteiger partial charge in [0, 0.05) is 6.54 Å². The molecule has 1 aromatic rings. The lowest BCUT2D eigenvalue weighted by molar-refractivity contribution is -0.146. The Hall–Kier alpha value is -1.62. The first kappa shape index (κ1) is 15.4. The zero-order chi connectivity index (χ0) is 13.9. The van der Waals surface area contributed by atoms with Crippen molar-refractivity contribution in [2.24, 2.45) is 0 Å². The van der Waals surface area contributed by atoms with Crippen molar-refractivity contribution in [1.82, 2.24) is 10.3 Å². The monoisotopic (exact) mass is 266 g/mol. The minimum Gasteiger partial charge on any atom is -0.480 e. The number of carbonyl (C=O) groups is 1. The highest BCUT2D eigenvalue weighted by atomic mass is 16.6. The summed E-state index contributed by atoms with van der Waals surface area (Å²) < 4.78 is 10.3. The first-order valence-electron chi connectivity index (χ1n) is 6.70. The summed E-state index contributed by atoms with van der Waals surface area (Å²) in [6.07, 6.45) is 3.50. The molecule has 1 rings (SSSR count). The summed E-state index contributed by atoms with van der Waals surface area (Å²) in [5.41, 5.74) is 0.944. The number of hydrogen-bond donors (Lipinski definition) is 1. The molecule has 0 radical (unpaired) electrons. The Morgan fingerprint density at radius 2 is 2.21 bits per heavy atom. The molecule has 0 aliphatic heterocycles. The molecule has 0 saturated carbocycles. The van der Waals surface area contributed by atoms with Crippen molar-refractivity contribution in [3.63, 3.8) is 0 Å². The number of carbonyl (C=O) groups excluding carboxylic acids is 1. The van der Waals surface area contributed by atoms with Gasteiger partial charge in [0.05, 0.1) is 18.5 Å². The molecule has 1 N–H and O–H groups in total. The number of unbranched alkanes of at least 4 members (excludes halogenated alkanes) is 1. The minimum atomic E-state index is -0.342. The molecule has 0 bridgehead atoms. The fourth-order valence-electron chi connectivity index (χ4n) is 1.37. The average Bonchev–Trinajstić information content (AvgIpc) is 2.44.